The van der Waals surface area contributed by atoms with E-state index in [-0.39, 0.29) is 17.7 Å². The van der Waals surface area contributed by atoms with Crippen LogP contribution >= 0.6 is 0 Å². The highest BCUT2D eigenvalue weighted by Crippen LogP contribution is 2.17. The third-order valence-corrected chi connectivity index (χ3v) is 2.83. The van der Waals surface area contributed by atoms with Gasteiger partial charge in [0.25, 0.3) is 5.91 Å². The van der Waals surface area contributed by atoms with E-state index in [4.69, 9.17) is 0 Å². The average molecular weight is 221 g/mol. The standard InChI is InChI=1S/C13H19NO2/c1-8(2)10(4)14-13(16)11-6-5-9(3)12(15)7-11/h5-8,10,15H,1-4H3,(H,14,16). The molecule has 0 aliphatic heterocycles. The lowest BCUT2D eigenvalue weighted by Crippen LogP contribution is -2.36. The zero-order valence-electron chi connectivity index (χ0n) is 10.2. The maximum atomic E-state index is 11.8. The van der Waals surface area contributed by atoms with Gasteiger partial charge in [-0.3, -0.25) is 4.79 Å². The molecular weight excluding hydrogens is 202 g/mol. The number of carbonyl (C=O) groups excluding carboxylic acids is 1. The zero-order valence-corrected chi connectivity index (χ0v) is 10.2. The number of aryl methyl sites for hydroxylation is 1. The van der Waals surface area contributed by atoms with Gasteiger partial charge in [-0.25, -0.2) is 0 Å². The molecule has 1 aromatic carbocycles. The highest BCUT2D eigenvalue weighted by atomic mass is 16.3. The van der Waals surface area contributed by atoms with Gasteiger partial charge in [-0.15, -0.1) is 0 Å². The largest absolute Gasteiger partial charge is 0.508 e. The molecule has 1 amide bonds. The molecule has 0 fully saturated rings. The van der Waals surface area contributed by atoms with Crippen molar-refractivity contribution in [1.82, 2.24) is 5.32 Å². The van der Waals surface area contributed by atoms with Gasteiger partial charge in [-0.2, -0.15) is 0 Å². The fourth-order valence-corrected chi connectivity index (χ4v) is 1.21. The lowest BCUT2D eigenvalue weighted by molar-refractivity contribution is 0.0930. The first kappa shape index (κ1) is 12.6. The van der Waals surface area contributed by atoms with Crippen LogP contribution in [-0.2, 0) is 0 Å². The third kappa shape index (κ3) is 2.99. The summed E-state index contributed by atoms with van der Waals surface area (Å²) >= 11 is 0. The van der Waals surface area contributed by atoms with E-state index in [1.807, 2.05) is 6.92 Å². The van der Waals surface area contributed by atoms with Crippen molar-refractivity contribution < 1.29 is 9.90 Å². The molecule has 0 spiro atoms. The van der Waals surface area contributed by atoms with Gasteiger partial charge in [0.15, 0.2) is 0 Å². The maximum absolute atomic E-state index is 11.8. The molecule has 3 nitrogen and oxygen atoms in total. The summed E-state index contributed by atoms with van der Waals surface area (Å²) in [6.45, 7) is 7.87. The molecule has 0 bridgehead atoms. The lowest BCUT2D eigenvalue weighted by Gasteiger charge is -2.17. The minimum absolute atomic E-state index is 0.121. The van der Waals surface area contributed by atoms with Crippen molar-refractivity contribution in [3.63, 3.8) is 0 Å². The van der Waals surface area contributed by atoms with E-state index >= 15 is 0 Å². The Morgan fingerprint density at radius 2 is 1.94 bits per heavy atom. The van der Waals surface area contributed by atoms with Crippen molar-refractivity contribution in [3.8, 4) is 5.75 Å². The monoisotopic (exact) mass is 221 g/mol. The molecule has 3 heteroatoms. The van der Waals surface area contributed by atoms with Gasteiger partial charge >= 0.3 is 0 Å². The van der Waals surface area contributed by atoms with Crippen molar-refractivity contribution in [3.05, 3.63) is 29.3 Å². The second-order valence-electron chi connectivity index (χ2n) is 4.51. The molecule has 1 rings (SSSR count). The number of aromatic hydroxyl groups is 1. The quantitative estimate of drug-likeness (QED) is 0.823. The molecule has 0 radical (unpaired) electrons. The van der Waals surface area contributed by atoms with Gasteiger partial charge < -0.3 is 10.4 Å². The van der Waals surface area contributed by atoms with E-state index in [0.717, 1.165) is 5.56 Å². The summed E-state index contributed by atoms with van der Waals surface area (Å²) in [5, 5.41) is 12.4. The minimum atomic E-state index is -0.142. The number of hydrogen-bond acceptors (Lipinski definition) is 2. The average Bonchev–Trinajstić information content (AvgIpc) is 2.21. The summed E-state index contributed by atoms with van der Waals surface area (Å²) in [6, 6.07) is 5.08. The molecule has 1 unspecified atom stereocenters. The number of phenolic OH excluding ortho intramolecular Hbond substituents is 1. The number of phenols is 1. The van der Waals surface area contributed by atoms with Gasteiger partial charge in [-0.1, -0.05) is 19.9 Å². The lowest BCUT2D eigenvalue weighted by atomic mass is 10.1. The van der Waals surface area contributed by atoms with Crippen molar-refractivity contribution in [2.45, 2.75) is 33.7 Å². The molecule has 16 heavy (non-hydrogen) atoms. The van der Waals surface area contributed by atoms with Gasteiger partial charge in [0, 0.05) is 11.6 Å². The number of benzene rings is 1. The van der Waals surface area contributed by atoms with Crippen LogP contribution in [0.2, 0.25) is 0 Å². The predicted octanol–water partition coefficient (Wildman–Crippen LogP) is 2.47. The first-order valence-corrected chi connectivity index (χ1v) is 5.52. The number of amides is 1. The Labute approximate surface area is 96.5 Å². The molecule has 88 valence electrons. The van der Waals surface area contributed by atoms with E-state index in [1.54, 1.807) is 19.1 Å². The molecule has 0 aliphatic rings. The van der Waals surface area contributed by atoms with Crippen LogP contribution in [0.1, 0.15) is 36.7 Å². The van der Waals surface area contributed by atoms with Crippen molar-refractivity contribution >= 4 is 5.91 Å². The summed E-state index contributed by atoms with van der Waals surface area (Å²) in [5.74, 6) is 0.407. The van der Waals surface area contributed by atoms with Crippen LogP contribution in [0, 0.1) is 12.8 Å². The molecule has 0 aliphatic carbocycles. The van der Waals surface area contributed by atoms with Gasteiger partial charge in [0.05, 0.1) is 0 Å². The third-order valence-electron chi connectivity index (χ3n) is 2.83. The molecule has 1 atom stereocenters. The van der Waals surface area contributed by atoms with E-state index in [0.29, 0.717) is 11.5 Å². The van der Waals surface area contributed by atoms with Crippen molar-refractivity contribution in [1.29, 1.82) is 0 Å². The van der Waals surface area contributed by atoms with Gasteiger partial charge in [0.2, 0.25) is 0 Å². The maximum Gasteiger partial charge on any atom is 0.251 e. The van der Waals surface area contributed by atoms with Crippen molar-refractivity contribution in [2.24, 2.45) is 5.92 Å². The van der Waals surface area contributed by atoms with Crippen LogP contribution in [-0.4, -0.2) is 17.1 Å². The summed E-state index contributed by atoms with van der Waals surface area (Å²) in [4.78, 5) is 11.8. The second kappa shape index (κ2) is 5.01. The van der Waals surface area contributed by atoms with E-state index in [2.05, 4.69) is 19.2 Å². The minimum Gasteiger partial charge on any atom is -0.508 e. The van der Waals surface area contributed by atoms with Crippen LogP contribution in [0.15, 0.2) is 18.2 Å². The second-order valence-corrected chi connectivity index (χ2v) is 4.51. The Hall–Kier alpha value is -1.51. The summed E-state index contributed by atoms with van der Waals surface area (Å²) < 4.78 is 0. The number of nitrogens with one attached hydrogen (secondary N) is 1. The fourth-order valence-electron chi connectivity index (χ4n) is 1.21. The molecule has 1 aromatic rings. The summed E-state index contributed by atoms with van der Waals surface area (Å²) in [5.41, 5.74) is 1.27. The Balaban J connectivity index is 2.77. The van der Waals surface area contributed by atoms with Gasteiger partial charge in [-0.05, 0) is 37.5 Å². The normalized spacial score (nSPS) is 12.6. The fraction of sp³-hybridized carbons (Fsp3) is 0.462. The topological polar surface area (TPSA) is 49.3 Å². The van der Waals surface area contributed by atoms with Crippen molar-refractivity contribution in [2.75, 3.05) is 0 Å². The van der Waals surface area contributed by atoms with Gasteiger partial charge in [0.1, 0.15) is 5.75 Å². The van der Waals surface area contributed by atoms with Crippen LogP contribution in [0.5, 0.6) is 5.75 Å². The number of rotatable bonds is 3. The van der Waals surface area contributed by atoms with E-state index < -0.39 is 0 Å². The summed E-state index contributed by atoms with van der Waals surface area (Å²) in [7, 11) is 0. The van der Waals surface area contributed by atoms with Crippen LogP contribution < -0.4 is 5.32 Å². The Morgan fingerprint density at radius 3 is 2.44 bits per heavy atom. The first-order chi connectivity index (χ1) is 7.41. The van der Waals surface area contributed by atoms with Crippen LogP contribution in [0.25, 0.3) is 0 Å². The Morgan fingerprint density at radius 1 is 1.31 bits per heavy atom. The van der Waals surface area contributed by atoms with Crippen LogP contribution in [0.4, 0.5) is 0 Å². The van der Waals surface area contributed by atoms with E-state index in [1.165, 1.54) is 6.07 Å². The number of carbonyl (C=O) groups is 1. The van der Waals surface area contributed by atoms with Crippen LogP contribution in [0.3, 0.4) is 0 Å². The zero-order chi connectivity index (χ0) is 12.3. The summed E-state index contributed by atoms with van der Waals surface area (Å²) in [6.07, 6.45) is 0. The first-order valence-electron chi connectivity index (χ1n) is 5.52. The molecular formula is C13H19NO2. The Bertz CT molecular complexity index is 386. The molecule has 2 N–H and O–H groups in total. The SMILES string of the molecule is Cc1ccc(C(=O)NC(C)C(C)C)cc1O. The smallest absolute Gasteiger partial charge is 0.251 e. The number of hydrogen-bond donors (Lipinski definition) is 2. The predicted molar refractivity (Wildman–Crippen MR) is 64.6 cm³/mol. The highest BCUT2D eigenvalue weighted by Gasteiger charge is 2.13. The highest BCUT2D eigenvalue weighted by molar-refractivity contribution is 5.94. The molecule has 0 aromatic heterocycles. The molecule has 0 saturated carbocycles. The molecule has 0 saturated heterocycles. The molecule has 0 heterocycles. The Kier molecular flexibility index (Phi) is 3.93. The van der Waals surface area contributed by atoms with E-state index in [9.17, 15) is 9.90 Å².